The summed E-state index contributed by atoms with van der Waals surface area (Å²) in [4.78, 5) is 10.4. The predicted octanol–water partition coefficient (Wildman–Crippen LogP) is 2.41. The SMILES string of the molecule is Cc1nccc(N(CCCN)c2cccc(F)c2)n1. The van der Waals surface area contributed by atoms with E-state index in [1.165, 1.54) is 12.1 Å². The molecule has 4 nitrogen and oxygen atoms in total. The van der Waals surface area contributed by atoms with Gasteiger partial charge in [0.2, 0.25) is 0 Å². The summed E-state index contributed by atoms with van der Waals surface area (Å²) in [7, 11) is 0. The minimum atomic E-state index is -0.263. The first-order chi connectivity index (χ1) is 9.20. The molecule has 2 rings (SSSR count). The van der Waals surface area contributed by atoms with E-state index >= 15 is 0 Å². The van der Waals surface area contributed by atoms with Crippen molar-refractivity contribution in [1.29, 1.82) is 0 Å². The molecule has 1 aromatic heterocycles. The summed E-state index contributed by atoms with van der Waals surface area (Å²) in [5.41, 5.74) is 6.33. The van der Waals surface area contributed by atoms with Gasteiger partial charge in [-0.1, -0.05) is 6.07 Å². The lowest BCUT2D eigenvalue weighted by atomic mass is 10.2. The molecule has 0 radical (unpaired) electrons. The molecule has 100 valence electrons. The molecule has 0 saturated carbocycles. The number of hydrogen-bond acceptors (Lipinski definition) is 4. The number of hydrogen-bond donors (Lipinski definition) is 1. The van der Waals surface area contributed by atoms with E-state index in [1.54, 1.807) is 12.3 Å². The Balaban J connectivity index is 2.35. The van der Waals surface area contributed by atoms with Crippen LogP contribution >= 0.6 is 0 Å². The highest BCUT2D eigenvalue weighted by molar-refractivity contribution is 5.59. The topological polar surface area (TPSA) is 55.0 Å². The van der Waals surface area contributed by atoms with Crippen molar-refractivity contribution in [2.24, 2.45) is 5.73 Å². The maximum absolute atomic E-state index is 13.4. The fraction of sp³-hybridized carbons (Fsp3) is 0.286. The first-order valence-electron chi connectivity index (χ1n) is 6.23. The lowest BCUT2D eigenvalue weighted by Gasteiger charge is -2.23. The molecule has 5 heteroatoms. The Hall–Kier alpha value is -2.01. The Morgan fingerprint density at radius 1 is 1.32 bits per heavy atom. The van der Waals surface area contributed by atoms with Crippen LogP contribution < -0.4 is 10.6 Å². The molecule has 0 aliphatic rings. The normalized spacial score (nSPS) is 10.5. The van der Waals surface area contributed by atoms with Crippen LogP contribution in [0.3, 0.4) is 0 Å². The zero-order valence-electron chi connectivity index (χ0n) is 10.9. The van der Waals surface area contributed by atoms with E-state index in [-0.39, 0.29) is 5.82 Å². The molecular formula is C14H17FN4. The molecule has 0 aliphatic carbocycles. The summed E-state index contributed by atoms with van der Waals surface area (Å²) in [5, 5.41) is 0. The summed E-state index contributed by atoms with van der Waals surface area (Å²) < 4.78 is 13.4. The third-order valence-corrected chi connectivity index (χ3v) is 2.74. The van der Waals surface area contributed by atoms with E-state index in [1.807, 2.05) is 24.0 Å². The van der Waals surface area contributed by atoms with Crippen LogP contribution in [-0.4, -0.2) is 23.1 Å². The van der Waals surface area contributed by atoms with Crippen molar-refractivity contribution in [2.45, 2.75) is 13.3 Å². The van der Waals surface area contributed by atoms with Gasteiger partial charge in [-0.2, -0.15) is 0 Å². The first-order valence-corrected chi connectivity index (χ1v) is 6.23. The van der Waals surface area contributed by atoms with E-state index < -0.39 is 0 Å². The number of nitrogens with zero attached hydrogens (tertiary/aromatic N) is 3. The molecule has 2 aromatic rings. The van der Waals surface area contributed by atoms with Gasteiger partial charge in [0.1, 0.15) is 17.5 Å². The highest BCUT2D eigenvalue weighted by Gasteiger charge is 2.11. The third-order valence-electron chi connectivity index (χ3n) is 2.74. The zero-order chi connectivity index (χ0) is 13.7. The molecule has 0 saturated heterocycles. The van der Waals surface area contributed by atoms with Gasteiger partial charge in [-0.25, -0.2) is 14.4 Å². The molecule has 0 atom stereocenters. The second-order valence-electron chi connectivity index (χ2n) is 4.24. The summed E-state index contributed by atoms with van der Waals surface area (Å²) >= 11 is 0. The number of aromatic nitrogens is 2. The van der Waals surface area contributed by atoms with Gasteiger partial charge in [0.05, 0.1) is 0 Å². The van der Waals surface area contributed by atoms with Crippen LogP contribution in [0.1, 0.15) is 12.2 Å². The molecule has 0 aliphatic heterocycles. The Morgan fingerprint density at radius 3 is 2.84 bits per heavy atom. The first kappa shape index (κ1) is 13.4. The van der Waals surface area contributed by atoms with Crippen LogP contribution in [0, 0.1) is 12.7 Å². The Bertz CT molecular complexity index is 499. The summed E-state index contributed by atoms with van der Waals surface area (Å²) in [5.74, 6) is 1.18. The predicted molar refractivity (Wildman–Crippen MR) is 73.8 cm³/mol. The van der Waals surface area contributed by atoms with Gasteiger partial charge < -0.3 is 10.6 Å². The van der Waals surface area contributed by atoms with Crippen LogP contribution in [0.15, 0.2) is 36.5 Å². The molecular weight excluding hydrogens is 243 g/mol. The maximum atomic E-state index is 13.4. The lowest BCUT2D eigenvalue weighted by molar-refractivity contribution is 0.627. The van der Waals surface area contributed by atoms with Crippen molar-refractivity contribution >= 4 is 11.5 Å². The minimum Gasteiger partial charge on any atom is -0.330 e. The molecule has 1 aromatic carbocycles. The Labute approximate surface area is 112 Å². The van der Waals surface area contributed by atoms with Gasteiger partial charge in [-0.3, -0.25) is 0 Å². The Morgan fingerprint density at radius 2 is 2.16 bits per heavy atom. The fourth-order valence-electron chi connectivity index (χ4n) is 1.86. The minimum absolute atomic E-state index is 0.263. The molecule has 0 spiro atoms. The fourth-order valence-corrected chi connectivity index (χ4v) is 1.86. The van der Waals surface area contributed by atoms with Crippen LogP contribution in [-0.2, 0) is 0 Å². The van der Waals surface area contributed by atoms with Crippen molar-refractivity contribution in [3.05, 3.63) is 48.2 Å². The van der Waals surface area contributed by atoms with E-state index in [2.05, 4.69) is 9.97 Å². The molecule has 19 heavy (non-hydrogen) atoms. The smallest absolute Gasteiger partial charge is 0.136 e. The second-order valence-corrected chi connectivity index (χ2v) is 4.24. The summed E-state index contributed by atoms with van der Waals surface area (Å²) in [6, 6.07) is 8.28. The number of anilines is 2. The number of aryl methyl sites for hydroxylation is 1. The van der Waals surface area contributed by atoms with Gasteiger partial charge in [0.15, 0.2) is 0 Å². The molecule has 0 bridgehead atoms. The van der Waals surface area contributed by atoms with Crippen LogP contribution in [0.4, 0.5) is 15.9 Å². The summed E-state index contributed by atoms with van der Waals surface area (Å²) in [6.07, 6.45) is 2.51. The van der Waals surface area contributed by atoms with Crippen molar-refractivity contribution in [3.63, 3.8) is 0 Å². The van der Waals surface area contributed by atoms with Crippen molar-refractivity contribution in [2.75, 3.05) is 18.0 Å². The molecule has 0 unspecified atom stereocenters. The van der Waals surface area contributed by atoms with Gasteiger partial charge in [-0.05, 0) is 44.2 Å². The number of nitrogens with two attached hydrogens (primary N) is 1. The zero-order valence-corrected chi connectivity index (χ0v) is 10.9. The average Bonchev–Trinajstić information content (AvgIpc) is 2.39. The Kier molecular flexibility index (Phi) is 4.41. The van der Waals surface area contributed by atoms with E-state index in [4.69, 9.17) is 5.73 Å². The average molecular weight is 260 g/mol. The third kappa shape index (κ3) is 3.48. The molecule has 0 amide bonds. The number of rotatable bonds is 5. The second kappa shape index (κ2) is 6.24. The molecule has 2 N–H and O–H groups in total. The van der Waals surface area contributed by atoms with Crippen LogP contribution in [0.25, 0.3) is 0 Å². The highest BCUT2D eigenvalue weighted by atomic mass is 19.1. The van der Waals surface area contributed by atoms with Crippen LogP contribution in [0.5, 0.6) is 0 Å². The van der Waals surface area contributed by atoms with Gasteiger partial charge in [0.25, 0.3) is 0 Å². The number of benzene rings is 1. The number of halogens is 1. The standard InChI is InChI=1S/C14H17FN4/c1-11-17-8-6-14(18-11)19(9-3-7-16)13-5-2-4-12(15)10-13/h2,4-6,8,10H,3,7,9,16H2,1H3. The van der Waals surface area contributed by atoms with Gasteiger partial charge in [0, 0.05) is 18.4 Å². The van der Waals surface area contributed by atoms with Crippen molar-refractivity contribution in [1.82, 2.24) is 9.97 Å². The molecule has 0 fully saturated rings. The van der Waals surface area contributed by atoms with Crippen molar-refractivity contribution in [3.8, 4) is 0 Å². The lowest BCUT2D eigenvalue weighted by Crippen LogP contribution is -2.22. The van der Waals surface area contributed by atoms with E-state index in [0.717, 1.165) is 17.9 Å². The molecule has 1 heterocycles. The summed E-state index contributed by atoms with van der Waals surface area (Å²) in [6.45, 7) is 3.10. The maximum Gasteiger partial charge on any atom is 0.136 e. The van der Waals surface area contributed by atoms with Crippen LogP contribution in [0.2, 0.25) is 0 Å². The van der Waals surface area contributed by atoms with E-state index in [9.17, 15) is 4.39 Å². The van der Waals surface area contributed by atoms with Crippen molar-refractivity contribution < 1.29 is 4.39 Å². The van der Waals surface area contributed by atoms with Gasteiger partial charge in [-0.15, -0.1) is 0 Å². The highest BCUT2D eigenvalue weighted by Crippen LogP contribution is 2.24. The monoisotopic (exact) mass is 260 g/mol. The quantitative estimate of drug-likeness (QED) is 0.897. The largest absolute Gasteiger partial charge is 0.330 e. The van der Waals surface area contributed by atoms with Gasteiger partial charge >= 0.3 is 0 Å². The van der Waals surface area contributed by atoms with E-state index in [0.29, 0.717) is 18.9 Å².